The first-order valence-electron chi connectivity index (χ1n) is 6.24. The first-order valence-corrected chi connectivity index (χ1v) is 7.56. The van der Waals surface area contributed by atoms with Crippen molar-refractivity contribution < 1.29 is 0 Å². The van der Waals surface area contributed by atoms with Crippen LogP contribution in [0.3, 0.4) is 0 Å². The summed E-state index contributed by atoms with van der Waals surface area (Å²) in [5.74, 6) is 0. The van der Waals surface area contributed by atoms with Crippen LogP contribution in [0.2, 0.25) is 5.02 Å². The van der Waals surface area contributed by atoms with Gasteiger partial charge in [-0.3, -0.25) is 0 Å². The molecule has 1 nitrogen and oxygen atoms in total. The van der Waals surface area contributed by atoms with Gasteiger partial charge in [-0.05, 0) is 53.4 Å². The van der Waals surface area contributed by atoms with Crippen LogP contribution in [0.25, 0.3) is 0 Å². The van der Waals surface area contributed by atoms with Crippen LogP contribution in [0.1, 0.15) is 43.5 Å². The molecule has 3 heteroatoms. The maximum absolute atomic E-state index is 6.06. The van der Waals surface area contributed by atoms with E-state index in [1.165, 1.54) is 11.1 Å². The quantitative estimate of drug-likeness (QED) is 0.793. The first kappa shape index (κ1) is 13.6. The van der Waals surface area contributed by atoms with Crippen molar-refractivity contribution in [3.05, 3.63) is 57.2 Å². The van der Waals surface area contributed by atoms with Gasteiger partial charge in [-0.15, -0.1) is 0 Å². The highest BCUT2D eigenvalue weighted by atomic mass is 35.5. The van der Waals surface area contributed by atoms with Gasteiger partial charge in [0.05, 0.1) is 0 Å². The van der Waals surface area contributed by atoms with Crippen LogP contribution in [-0.2, 0) is 0 Å². The smallest absolute Gasteiger partial charge is 0.0409 e. The molecule has 0 saturated carbocycles. The van der Waals surface area contributed by atoms with E-state index in [0.717, 1.165) is 11.4 Å². The number of halogens is 1. The Balaban J connectivity index is 2.10. The Morgan fingerprint density at radius 3 is 2.72 bits per heavy atom. The molecule has 0 fully saturated rings. The van der Waals surface area contributed by atoms with Crippen LogP contribution >= 0.6 is 22.9 Å². The van der Waals surface area contributed by atoms with Crippen LogP contribution in [0.4, 0.5) is 0 Å². The van der Waals surface area contributed by atoms with Crippen LogP contribution in [0.5, 0.6) is 0 Å². The van der Waals surface area contributed by atoms with Crippen LogP contribution in [0.15, 0.2) is 41.1 Å². The van der Waals surface area contributed by atoms with E-state index in [9.17, 15) is 0 Å². The average Bonchev–Trinajstić information content (AvgIpc) is 2.89. The van der Waals surface area contributed by atoms with Crippen LogP contribution in [-0.4, -0.2) is 0 Å². The highest BCUT2D eigenvalue weighted by molar-refractivity contribution is 7.07. The highest BCUT2D eigenvalue weighted by Gasteiger charge is 2.14. The number of thiophene rings is 1. The fourth-order valence-electron chi connectivity index (χ4n) is 2.09. The molecular weight excluding hydrogens is 262 g/mol. The molecule has 96 valence electrons. The van der Waals surface area contributed by atoms with Crippen LogP contribution < -0.4 is 5.32 Å². The summed E-state index contributed by atoms with van der Waals surface area (Å²) >= 11 is 7.80. The van der Waals surface area contributed by atoms with Gasteiger partial charge >= 0.3 is 0 Å². The summed E-state index contributed by atoms with van der Waals surface area (Å²) in [6, 6.07) is 11.0. The number of benzene rings is 1. The SMILES string of the molecule is CCC(NC(C)c1ccsc1)c1cccc(Cl)c1. The summed E-state index contributed by atoms with van der Waals surface area (Å²) in [7, 11) is 0. The van der Waals surface area contributed by atoms with Gasteiger partial charge in [0, 0.05) is 17.1 Å². The predicted octanol–water partition coefficient (Wildman–Crippen LogP) is 5.20. The summed E-state index contributed by atoms with van der Waals surface area (Å²) in [5, 5.41) is 8.78. The van der Waals surface area contributed by atoms with Gasteiger partial charge in [-0.25, -0.2) is 0 Å². The largest absolute Gasteiger partial charge is 0.303 e. The molecule has 18 heavy (non-hydrogen) atoms. The standard InChI is InChI=1S/C15H18ClNS/c1-3-15(12-5-4-6-14(16)9-12)17-11(2)13-7-8-18-10-13/h4-11,15,17H,3H2,1-2H3. The second-order valence-corrected chi connectivity index (χ2v) is 5.68. The molecule has 0 aliphatic carbocycles. The van der Waals surface area contributed by atoms with Gasteiger partial charge in [0.1, 0.15) is 0 Å². The van der Waals surface area contributed by atoms with E-state index in [0.29, 0.717) is 12.1 Å². The summed E-state index contributed by atoms with van der Waals surface area (Å²) in [6.45, 7) is 4.40. The number of hydrogen-bond donors (Lipinski definition) is 1. The molecular formula is C15H18ClNS. The Morgan fingerprint density at radius 2 is 2.11 bits per heavy atom. The number of hydrogen-bond acceptors (Lipinski definition) is 2. The molecule has 1 aromatic carbocycles. The Labute approximate surface area is 118 Å². The molecule has 0 saturated heterocycles. The van der Waals surface area contributed by atoms with Gasteiger partial charge in [-0.2, -0.15) is 11.3 Å². The van der Waals surface area contributed by atoms with Crippen molar-refractivity contribution in [3.63, 3.8) is 0 Å². The fraction of sp³-hybridized carbons (Fsp3) is 0.333. The maximum atomic E-state index is 6.06. The molecule has 0 aliphatic rings. The molecule has 0 spiro atoms. The summed E-state index contributed by atoms with van der Waals surface area (Å²) in [6.07, 6.45) is 1.05. The van der Waals surface area contributed by atoms with Gasteiger partial charge in [0.25, 0.3) is 0 Å². The molecule has 2 atom stereocenters. The topological polar surface area (TPSA) is 12.0 Å². The summed E-state index contributed by atoms with van der Waals surface area (Å²) in [5.41, 5.74) is 2.60. The van der Waals surface area contributed by atoms with E-state index >= 15 is 0 Å². The number of rotatable bonds is 5. The van der Waals surface area contributed by atoms with Crippen molar-refractivity contribution >= 4 is 22.9 Å². The molecule has 0 radical (unpaired) electrons. The molecule has 0 bridgehead atoms. The third-order valence-corrected chi connectivity index (χ3v) is 4.09. The molecule has 2 rings (SSSR count). The van der Waals surface area contributed by atoms with E-state index in [1.54, 1.807) is 11.3 Å². The van der Waals surface area contributed by atoms with Crippen LogP contribution in [0, 0.1) is 0 Å². The van der Waals surface area contributed by atoms with Crippen molar-refractivity contribution in [2.75, 3.05) is 0 Å². The van der Waals surface area contributed by atoms with E-state index in [1.807, 2.05) is 18.2 Å². The van der Waals surface area contributed by atoms with Crippen molar-refractivity contribution in [1.29, 1.82) is 0 Å². The average molecular weight is 280 g/mol. The zero-order valence-electron chi connectivity index (χ0n) is 10.7. The number of nitrogens with one attached hydrogen (secondary N) is 1. The third-order valence-electron chi connectivity index (χ3n) is 3.15. The second kappa shape index (κ2) is 6.37. The normalized spacial score (nSPS) is 14.4. The lowest BCUT2D eigenvalue weighted by Crippen LogP contribution is -2.23. The van der Waals surface area contributed by atoms with E-state index in [-0.39, 0.29) is 0 Å². The van der Waals surface area contributed by atoms with E-state index < -0.39 is 0 Å². The third kappa shape index (κ3) is 3.35. The zero-order chi connectivity index (χ0) is 13.0. The van der Waals surface area contributed by atoms with Gasteiger partial charge in [0.2, 0.25) is 0 Å². The predicted molar refractivity (Wildman–Crippen MR) is 80.4 cm³/mol. The molecule has 2 unspecified atom stereocenters. The maximum Gasteiger partial charge on any atom is 0.0409 e. The summed E-state index contributed by atoms with van der Waals surface area (Å²) < 4.78 is 0. The molecule has 0 aliphatic heterocycles. The molecule has 2 aromatic rings. The minimum absolute atomic E-state index is 0.346. The Kier molecular flexibility index (Phi) is 4.81. The minimum atomic E-state index is 0.346. The van der Waals surface area contributed by atoms with Gasteiger partial charge in [0.15, 0.2) is 0 Å². The van der Waals surface area contributed by atoms with Crippen molar-refractivity contribution in [3.8, 4) is 0 Å². The van der Waals surface area contributed by atoms with E-state index in [4.69, 9.17) is 11.6 Å². The Morgan fingerprint density at radius 1 is 1.28 bits per heavy atom. The molecule has 1 heterocycles. The molecule has 1 aromatic heterocycles. The zero-order valence-corrected chi connectivity index (χ0v) is 12.3. The fourth-order valence-corrected chi connectivity index (χ4v) is 3.05. The summed E-state index contributed by atoms with van der Waals surface area (Å²) in [4.78, 5) is 0. The first-order chi connectivity index (χ1) is 8.70. The Hall–Kier alpha value is -0.830. The second-order valence-electron chi connectivity index (χ2n) is 4.46. The van der Waals surface area contributed by atoms with Gasteiger partial charge in [-0.1, -0.05) is 30.7 Å². The van der Waals surface area contributed by atoms with Crippen molar-refractivity contribution in [2.45, 2.75) is 32.4 Å². The van der Waals surface area contributed by atoms with Gasteiger partial charge < -0.3 is 5.32 Å². The van der Waals surface area contributed by atoms with E-state index in [2.05, 4.69) is 42.1 Å². The van der Waals surface area contributed by atoms with Crippen molar-refractivity contribution in [1.82, 2.24) is 5.32 Å². The Bertz CT molecular complexity index is 481. The lowest BCUT2D eigenvalue weighted by Gasteiger charge is -2.22. The highest BCUT2D eigenvalue weighted by Crippen LogP contribution is 2.25. The lowest BCUT2D eigenvalue weighted by atomic mass is 10.0. The minimum Gasteiger partial charge on any atom is -0.303 e. The monoisotopic (exact) mass is 279 g/mol. The lowest BCUT2D eigenvalue weighted by molar-refractivity contribution is 0.457. The molecule has 1 N–H and O–H groups in total. The van der Waals surface area contributed by atoms with Crippen molar-refractivity contribution in [2.24, 2.45) is 0 Å². The molecule has 0 amide bonds.